The summed E-state index contributed by atoms with van der Waals surface area (Å²) in [6.07, 6.45) is 3.85. The van der Waals surface area contributed by atoms with E-state index in [1.807, 2.05) is 24.5 Å². The highest BCUT2D eigenvalue weighted by Crippen LogP contribution is 2.26. The summed E-state index contributed by atoms with van der Waals surface area (Å²) in [7, 11) is 0. The maximum atomic E-state index is 4.25. The van der Waals surface area contributed by atoms with Crippen LogP contribution in [-0.2, 0) is 5.75 Å². The van der Waals surface area contributed by atoms with Crippen LogP contribution in [0.5, 0.6) is 0 Å². The topological polar surface area (TPSA) is 44.5 Å². The van der Waals surface area contributed by atoms with Crippen molar-refractivity contribution >= 4 is 23.5 Å². The Hall–Kier alpha value is -1.68. The van der Waals surface area contributed by atoms with E-state index < -0.39 is 0 Å². The van der Waals surface area contributed by atoms with E-state index in [0.717, 1.165) is 22.6 Å². The van der Waals surface area contributed by atoms with Crippen LogP contribution < -0.4 is 0 Å². The van der Waals surface area contributed by atoms with Crippen LogP contribution >= 0.6 is 12.6 Å². The minimum absolute atomic E-state index is 0.627. The smallest absolute Gasteiger partial charge is 0.116 e. The molecule has 0 radical (unpaired) electrons. The predicted octanol–water partition coefficient (Wildman–Crippen LogP) is 2.99. The van der Waals surface area contributed by atoms with Crippen molar-refractivity contribution in [3.8, 4) is 11.3 Å². The summed E-state index contributed by atoms with van der Waals surface area (Å²) in [5, 5.41) is 1.21. The van der Waals surface area contributed by atoms with Crippen molar-refractivity contribution in [1.29, 1.82) is 0 Å². The van der Waals surface area contributed by atoms with Gasteiger partial charge in [-0.15, -0.1) is 0 Å². The molecule has 3 aromatic rings. The third-order valence-corrected chi connectivity index (χ3v) is 2.96. The maximum Gasteiger partial charge on any atom is 0.116 e. The van der Waals surface area contributed by atoms with Crippen LogP contribution in [0.3, 0.4) is 0 Å². The van der Waals surface area contributed by atoms with Gasteiger partial charge in [0.05, 0.1) is 11.9 Å². The van der Waals surface area contributed by atoms with Crippen LogP contribution in [0, 0.1) is 0 Å². The molecule has 0 atom stereocenters. The molecule has 0 spiro atoms. The number of benzene rings is 1. The van der Waals surface area contributed by atoms with Crippen molar-refractivity contribution in [2.75, 3.05) is 0 Å². The zero-order valence-corrected chi connectivity index (χ0v) is 9.46. The molecule has 2 aromatic heterocycles. The van der Waals surface area contributed by atoms with Crippen molar-refractivity contribution in [3.63, 3.8) is 0 Å². The largest absolute Gasteiger partial charge is 0.360 e. The molecule has 0 amide bonds. The molecule has 3 rings (SSSR count). The number of H-pyrrole nitrogens is 2. The number of fused-ring (bicyclic) bond motifs is 1. The number of nitrogens with zero attached hydrogens (tertiary/aromatic N) is 1. The van der Waals surface area contributed by atoms with Crippen LogP contribution in [-0.4, -0.2) is 15.0 Å². The number of thiol groups is 1. The van der Waals surface area contributed by atoms with Gasteiger partial charge in [0.25, 0.3) is 0 Å². The molecule has 1 aromatic carbocycles. The molecule has 80 valence electrons. The molecule has 0 aliphatic rings. The lowest BCUT2D eigenvalue weighted by atomic mass is 10.1. The van der Waals surface area contributed by atoms with Gasteiger partial charge in [0.2, 0.25) is 0 Å². The molecular weight excluding hydrogens is 218 g/mol. The van der Waals surface area contributed by atoms with E-state index >= 15 is 0 Å². The highest BCUT2D eigenvalue weighted by molar-refractivity contribution is 7.79. The normalized spacial score (nSPS) is 11.1. The standard InChI is InChI=1S/C12H11N3S/c16-7-12-14-6-11(15-12)9-5-13-10-4-2-1-3-8(9)10/h1-6,13,16H,7H2,(H,14,15). The molecule has 0 saturated carbocycles. The van der Waals surface area contributed by atoms with Gasteiger partial charge in [-0.25, -0.2) is 4.98 Å². The summed E-state index contributed by atoms with van der Waals surface area (Å²) in [6.45, 7) is 0. The number of para-hydroxylation sites is 1. The monoisotopic (exact) mass is 229 g/mol. The van der Waals surface area contributed by atoms with E-state index in [1.54, 1.807) is 0 Å². The molecule has 2 N–H and O–H groups in total. The second-order valence-electron chi connectivity index (χ2n) is 3.65. The van der Waals surface area contributed by atoms with Gasteiger partial charge < -0.3 is 9.97 Å². The van der Waals surface area contributed by atoms with Crippen molar-refractivity contribution in [2.24, 2.45) is 0 Å². The average Bonchev–Trinajstić information content (AvgIpc) is 2.94. The summed E-state index contributed by atoms with van der Waals surface area (Å²) in [4.78, 5) is 10.7. The summed E-state index contributed by atoms with van der Waals surface area (Å²) < 4.78 is 0. The third-order valence-electron chi connectivity index (χ3n) is 2.66. The first-order valence-electron chi connectivity index (χ1n) is 5.09. The number of imidazole rings is 1. The second-order valence-corrected chi connectivity index (χ2v) is 3.97. The van der Waals surface area contributed by atoms with Crippen molar-refractivity contribution in [2.45, 2.75) is 5.75 Å². The number of hydrogen-bond donors (Lipinski definition) is 3. The average molecular weight is 229 g/mol. The van der Waals surface area contributed by atoms with E-state index in [2.05, 4.69) is 39.7 Å². The van der Waals surface area contributed by atoms with Crippen LogP contribution in [0.1, 0.15) is 5.82 Å². The third kappa shape index (κ3) is 1.42. The van der Waals surface area contributed by atoms with Gasteiger partial charge >= 0.3 is 0 Å². The molecule has 0 aliphatic heterocycles. The molecule has 0 saturated heterocycles. The highest BCUT2D eigenvalue weighted by atomic mass is 32.1. The number of rotatable bonds is 2. The van der Waals surface area contributed by atoms with E-state index in [0.29, 0.717) is 5.75 Å². The van der Waals surface area contributed by atoms with Gasteiger partial charge in [0.15, 0.2) is 0 Å². The Labute approximate surface area is 98.3 Å². The van der Waals surface area contributed by atoms with Crippen LogP contribution in [0.25, 0.3) is 22.2 Å². The Morgan fingerprint density at radius 2 is 2.12 bits per heavy atom. The zero-order valence-electron chi connectivity index (χ0n) is 8.57. The summed E-state index contributed by atoms with van der Waals surface area (Å²) >= 11 is 4.19. The summed E-state index contributed by atoms with van der Waals surface area (Å²) in [6, 6.07) is 8.22. The zero-order chi connectivity index (χ0) is 11.0. The number of aromatic nitrogens is 3. The lowest BCUT2D eigenvalue weighted by Gasteiger charge is -1.94. The highest BCUT2D eigenvalue weighted by Gasteiger charge is 2.07. The van der Waals surface area contributed by atoms with Crippen molar-refractivity contribution < 1.29 is 0 Å². The van der Waals surface area contributed by atoms with Gasteiger partial charge in [0, 0.05) is 28.4 Å². The summed E-state index contributed by atoms with van der Waals surface area (Å²) in [5.74, 6) is 1.52. The minimum atomic E-state index is 0.627. The van der Waals surface area contributed by atoms with Gasteiger partial charge in [-0.05, 0) is 6.07 Å². The van der Waals surface area contributed by atoms with Gasteiger partial charge in [-0.3, -0.25) is 0 Å². The van der Waals surface area contributed by atoms with Crippen molar-refractivity contribution in [3.05, 3.63) is 42.5 Å². The lowest BCUT2D eigenvalue weighted by molar-refractivity contribution is 1.13. The summed E-state index contributed by atoms with van der Waals surface area (Å²) in [5.41, 5.74) is 3.32. The molecule has 16 heavy (non-hydrogen) atoms. The Balaban J connectivity index is 2.18. The maximum absolute atomic E-state index is 4.25. The SMILES string of the molecule is SCc1ncc(-c2c[nH]c3ccccc23)[nH]1. The Morgan fingerprint density at radius 3 is 2.94 bits per heavy atom. The molecule has 0 aliphatic carbocycles. The molecule has 0 fully saturated rings. The minimum Gasteiger partial charge on any atom is -0.360 e. The van der Waals surface area contributed by atoms with Crippen LogP contribution in [0.2, 0.25) is 0 Å². The Bertz CT molecular complexity index is 624. The fourth-order valence-corrected chi connectivity index (χ4v) is 2.03. The Kier molecular flexibility index (Phi) is 2.22. The van der Waals surface area contributed by atoms with E-state index in [-0.39, 0.29) is 0 Å². The van der Waals surface area contributed by atoms with Crippen LogP contribution in [0.15, 0.2) is 36.7 Å². The number of nitrogens with one attached hydrogen (secondary N) is 2. The first-order valence-corrected chi connectivity index (χ1v) is 5.73. The quantitative estimate of drug-likeness (QED) is 0.581. The number of hydrogen-bond acceptors (Lipinski definition) is 2. The van der Waals surface area contributed by atoms with E-state index in [4.69, 9.17) is 0 Å². The van der Waals surface area contributed by atoms with Gasteiger partial charge in [-0.1, -0.05) is 18.2 Å². The first-order chi connectivity index (χ1) is 7.88. The van der Waals surface area contributed by atoms with Gasteiger partial charge in [-0.2, -0.15) is 12.6 Å². The first kappa shape index (κ1) is 9.54. The molecular formula is C12H11N3S. The van der Waals surface area contributed by atoms with Crippen molar-refractivity contribution in [1.82, 2.24) is 15.0 Å². The lowest BCUT2D eigenvalue weighted by Crippen LogP contribution is -1.79. The van der Waals surface area contributed by atoms with Gasteiger partial charge in [0.1, 0.15) is 5.82 Å². The Morgan fingerprint density at radius 1 is 1.25 bits per heavy atom. The number of aromatic amines is 2. The van der Waals surface area contributed by atoms with E-state index in [9.17, 15) is 0 Å². The molecule has 0 unspecified atom stereocenters. The molecule has 4 heteroatoms. The second kappa shape index (κ2) is 3.72. The molecule has 2 heterocycles. The fraction of sp³-hybridized carbons (Fsp3) is 0.0833. The molecule has 0 bridgehead atoms. The van der Waals surface area contributed by atoms with Crippen LogP contribution in [0.4, 0.5) is 0 Å². The van der Waals surface area contributed by atoms with E-state index in [1.165, 1.54) is 5.39 Å². The predicted molar refractivity (Wildman–Crippen MR) is 68.6 cm³/mol. The molecule has 3 nitrogen and oxygen atoms in total. The fourth-order valence-electron chi connectivity index (χ4n) is 1.87.